The van der Waals surface area contributed by atoms with Crippen molar-refractivity contribution in [1.29, 1.82) is 0 Å². The summed E-state index contributed by atoms with van der Waals surface area (Å²) in [5, 5.41) is 10.2. The van der Waals surface area contributed by atoms with Gasteiger partial charge >= 0.3 is 5.97 Å². The minimum atomic E-state index is -0.972. The molecule has 1 atom stereocenters. The molecule has 0 unspecified atom stereocenters. The van der Waals surface area contributed by atoms with E-state index in [1.54, 1.807) is 24.3 Å². The summed E-state index contributed by atoms with van der Waals surface area (Å²) in [4.78, 5) is 36.5. The molecule has 7 heteroatoms. The van der Waals surface area contributed by atoms with Gasteiger partial charge in [0, 0.05) is 11.1 Å². The Labute approximate surface area is 161 Å². The quantitative estimate of drug-likeness (QED) is 0.664. The smallest absolute Gasteiger partial charge is 0.312 e. The van der Waals surface area contributed by atoms with E-state index in [4.69, 9.17) is 4.74 Å². The molecule has 2 N–H and O–H groups in total. The molecule has 0 aliphatic carbocycles. The molecule has 28 heavy (non-hydrogen) atoms. The molecular formula is C21H21N3O4. The van der Waals surface area contributed by atoms with Crippen molar-refractivity contribution in [1.82, 2.24) is 10.2 Å². The van der Waals surface area contributed by atoms with Gasteiger partial charge < -0.3 is 10.1 Å². The van der Waals surface area contributed by atoms with E-state index < -0.39 is 18.0 Å². The Balaban J connectivity index is 1.69. The average molecular weight is 379 g/mol. The first kappa shape index (κ1) is 19.3. The first-order chi connectivity index (χ1) is 13.4. The van der Waals surface area contributed by atoms with Crippen molar-refractivity contribution in [3.8, 4) is 0 Å². The van der Waals surface area contributed by atoms with E-state index in [0.29, 0.717) is 22.2 Å². The Morgan fingerprint density at radius 1 is 1.07 bits per heavy atom. The number of fused-ring (bicyclic) bond motifs is 1. The lowest BCUT2D eigenvalue weighted by molar-refractivity contribution is -0.152. The second-order valence-corrected chi connectivity index (χ2v) is 6.61. The van der Waals surface area contributed by atoms with Crippen LogP contribution in [0, 0.1) is 13.8 Å². The van der Waals surface area contributed by atoms with Gasteiger partial charge in [0.25, 0.3) is 11.5 Å². The van der Waals surface area contributed by atoms with Crippen LogP contribution in [0.3, 0.4) is 0 Å². The molecule has 2 aromatic carbocycles. The first-order valence-electron chi connectivity index (χ1n) is 8.89. The lowest BCUT2D eigenvalue weighted by Gasteiger charge is -2.16. The number of carbonyl (C=O) groups excluding carboxylic acids is 2. The Hall–Kier alpha value is -3.48. The predicted octanol–water partition coefficient (Wildman–Crippen LogP) is 2.65. The van der Waals surface area contributed by atoms with Crippen LogP contribution in [-0.4, -0.2) is 28.2 Å². The molecule has 3 aromatic rings. The van der Waals surface area contributed by atoms with E-state index in [9.17, 15) is 14.4 Å². The summed E-state index contributed by atoms with van der Waals surface area (Å²) in [5.41, 5.74) is 2.63. The van der Waals surface area contributed by atoms with Gasteiger partial charge in [-0.15, -0.1) is 0 Å². The van der Waals surface area contributed by atoms with Gasteiger partial charge in [-0.05, 0) is 38.0 Å². The van der Waals surface area contributed by atoms with Crippen LogP contribution >= 0.6 is 0 Å². The van der Waals surface area contributed by atoms with E-state index >= 15 is 0 Å². The summed E-state index contributed by atoms with van der Waals surface area (Å²) in [5.74, 6) is -1.01. The fraction of sp³-hybridized carbons (Fsp3) is 0.238. The number of nitrogens with one attached hydrogen (secondary N) is 2. The summed E-state index contributed by atoms with van der Waals surface area (Å²) in [6.45, 7) is 5.30. The minimum absolute atomic E-state index is 0.154. The third-order valence-corrected chi connectivity index (χ3v) is 4.49. The normalized spacial score (nSPS) is 11.8. The van der Waals surface area contributed by atoms with Gasteiger partial charge in [-0.25, -0.2) is 5.10 Å². The number of nitrogens with zero attached hydrogens (tertiary/aromatic N) is 1. The van der Waals surface area contributed by atoms with E-state index in [1.165, 1.54) is 6.92 Å². The van der Waals surface area contributed by atoms with Crippen LogP contribution in [0.15, 0.2) is 47.3 Å². The highest BCUT2D eigenvalue weighted by Gasteiger charge is 2.20. The molecule has 0 aliphatic heterocycles. The first-order valence-corrected chi connectivity index (χ1v) is 8.89. The Kier molecular flexibility index (Phi) is 5.54. The zero-order valence-electron chi connectivity index (χ0n) is 15.9. The van der Waals surface area contributed by atoms with Crippen LogP contribution in [0.4, 0.5) is 5.69 Å². The van der Waals surface area contributed by atoms with Crippen molar-refractivity contribution in [2.45, 2.75) is 33.3 Å². The number of ether oxygens (including phenoxy) is 1. The van der Waals surface area contributed by atoms with E-state index in [0.717, 1.165) is 11.1 Å². The maximum Gasteiger partial charge on any atom is 0.312 e. The van der Waals surface area contributed by atoms with Gasteiger partial charge in [-0.2, -0.15) is 5.10 Å². The lowest BCUT2D eigenvalue weighted by Crippen LogP contribution is -2.31. The van der Waals surface area contributed by atoms with Gasteiger partial charge in [0.15, 0.2) is 6.10 Å². The van der Waals surface area contributed by atoms with E-state index in [-0.39, 0.29) is 12.0 Å². The summed E-state index contributed by atoms with van der Waals surface area (Å²) >= 11 is 0. The topological polar surface area (TPSA) is 101 Å². The monoisotopic (exact) mass is 379 g/mol. The summed E-state index contributed by atoms with van der Waals surface area (Å²) in [6, 6.07) is 12.6. The van der Waals surface area contributed by atoms with Crippen LogP contribution in [0.5, 0.6) is 0 Å². The number of carbonyl (C=O) groups is 2. The van der Waals surface area contributed by atoms with Crippen molar-refractivity contribution in [2.75, 3.05) is 5.32 Å². The highest BCUT2D eigenvalue weighted by molar-refractivity contribution is 5.96. The molecule has 0 saturated heterocycles. The second kappa shape index (κ2) is 8.04. The average Bonchev–Trinajstić information content (AvgIpc) is 2.67. The fourth-order valence-corrected chi connectivity index (χ4v) is 2.97. The molecule has 3 rings (SSSR count). The van der Waals surface area contributed by atoms with Crippen LogP contribution in [-0.2, 0) is 20.7 Å². The number of aryl methyl sites for hydroxylation is 2. The number of rotatable bonds is 5. The maximum absolute atomic E-state index is 12.4. The maximum atomic E-state index is 12.4. The van der Waals surface area contributed by atoms with Gasteiger partial charge in [0.1, 0.15) is 0 Å². The number of hydrogen-bond donors (Lipinski definition) is 2. The van der Waals surface area contributed by atoms with Crippen molar-refractivity contribution in [2.24, 2.45) is 0 Å². The number of para-hydroxylation sites is 1. The van der Waals surface area contributed by atoms with Gasteiger partial charge in [0.2, 0.25) is 0 Å². The predicted molar refractivity (Wildman–Crippen MR) is 106 cm³/mol. The van der Waals surface area contributed by atoms with Crippen LogP contribution in [0.2, 0.25) is 0 Å². The fourth-order valence-electron chi connectivity index (χ4n) is 2.97. The highest BCUT2D eigenvalue weighted by atomic mass is 16.5. The summed E-state index contributed by atoms with van der Waals surface area (Å²) in [7, 11) is 0. The molecule has 0 aliphatic rings. The Bertz CT molecular complexity index is 1080. The number of aromatic nitrogens is 2. The molecule has 0 radical (unpaired) electrons. The Morgan fingerprint density at radius 3 is 2.39 bits per heavy atom. The zero-order chi connectivity index (χ0) is 20.3. The molecule has 7 nitrogen and oxygen atoms in total. The van der Waals surface area contributed by atoms with Crippen LogP contribution in [0.1, 0.15) is 23.7 Å². The second-order valence-electron chi connectivity index (χ2n) is 6.61. The minimum Gasteiger partial charge on any atom is -0.452 e. The molecule has 0 spiro atoms. The highest BCUT2D eigenvalue weighted by Crippen LogP contribution is 2.20. The largest absolute Gasteiger partial charge is 0.452 e. The standard InChI is InChI=1S/C21H21N3O4/c1-12-7-6-8-13(2)19(12)22-20(26)14(3)28-18(25)11-17-15-9-4-5-10-16(15)21(27)24-23-17/h4-10,14H,11H2,1-3H3,(H,22,26)(H,24,27)/t14-/m1/s1. The third kappa shape index (κ3) is 4.09. The number of esters is 1. The summed E-state index contributed by atoms with van der Waals surface area (Å²) in [6.07, 6.45) is -1.13. The number of amides is 1. The number of anilines is 1. The zero-order valence-corrected chi connectivity index (χ0v) is 15.9. The van der Waals surface area contributed by atoms with Gasteiger partial charge in [0.05, 0.1) is 17.5 Å². The summed E-state index contributed by atoms with van der Waals surface area (Å²) < 4.78 is 5.26. The SMILES string of the molecule is Cc1cccc(C)c1NC(=O)[C@@H](C)OC(=O)Cc1n[nH]c(=O)c2ccccc12. The molecule has 0 bridgehead atoms. The van der Waals surface area contributed by atoms with Gasteiger partial charge in [-0.1, -0.05) is 36.4 Å². The number of H-pyrrole nitrogens is 1. The molecular weight excluding hydrogens is 358 g/mol. The van der Waals surface area contributed by atoms with Crippen LogP contribution in [0.25, 0.3) is 10.8 Å². The van der Waals surface area contributed by atoms with Crippen LogP contribution < -0.4 is 10.9 Å². The van der Waals surface area contributed by atoms with E-state index in [1.807, 2.05) is 32.0 Å². The van der Waals surface area contributed by atoms with Crippen molar-refractivity contribution >= 4 is 28.3 Å². The molecule has 0 saturated carbocycles. The lowest BCUT2D eigenvalue weighted by atomic mass is 10.1. The third-order valence-electron chi connectivity index (χ3n) is 4.49. The van der Waals surface area contributed by atoms with Crippen molar-refractivity contribution < 1.29 is 14.3 Å². The van der Waals surface area contributed by atoms with Gasteiger partial charge in [-0.3, -0.25) is 14.4 Å². The molecule has 1 heterocycles. The number of benzene rings is 2. The molecule has 1 amide bonds. The number of hydrogen-bond acceptors (Lipinski definition) is 5. The van der Waals surface area contributed by atoms with Crippen molar-refractivity contribution in [3.05, 3.63) is 69.6 Å². The molecule has 1 aromatic heterocycles. The number of aromatic amines is 1. The Morgan fingerprint density at radius 2 is 1.71 bits per heavy atom. The molecule has 144 valence electrons. The molecule has 0 fully saturated rings. The van der Waals surface area contributed by atoms with E-state index in [2.05, 4.69) is 15.5 Å². The van der Waals surface area contributed by atoms with Crippen molar-refractivity contribution in [3.63, 3.8) is 0 Å².